The summed E-state index contributed by atoms with van der Waals surface area (Å²) < 4.78 is 27.2. The van der Waals surface area contributed by atoms with Crippen LogP contribution < -0.4 is 15.8 Å². The number of phenols is 1. The fourth-order valence-electron chi connectivity index (χ4n) is 8.16. The number of ether oxygens (including phenoxy) is 5. The van der Waals surface area contributed by atoms with Crippen molar-refractivity contribution in [2.24, 2.45) is 11.7 Å². The summed E-state index contributed by atoms with van der Waals surface area (Å²) >= 11 is 0. The quantitative estimate of drug-likeness (QED) is 0.143. The van der Waals surface area contributed by atoms with Crippen LogP contribution in [-0.4, -0.2) is 131 Å². The fourth-order valence-corrected chi connectivity index (χ4v) is 8.16. The lowest BCUT2D eigenvalue weighted by molar-refractivity contribution is -0.214. The molecule has 0 radical (unpaired) electrons. The average Bonchev–Trinajstić information content (AvgIpc) is 3.11. The molecule has 3 aliphatic carbocycles. The summed E-state index contributed by atoms with van der Waals surface area (Å²) in [6.07, 6.45) is -5.79. The van der Waals surface area contributed by atoms with Crippen LogP contribution in [0.4, 0.5) is 0 Å². The number of hydrogen-bond donors (Lipinski definition) is 7. The van der Waals surface area contributed by atoms with E-state index in [1.807, 2.05) is 0 Å². The van der Waals surface area contributed by atoms with E-state index >= 15 is 0 Å². The Balaban J connectivity index is 1.54. The Hall–Kier alpha value is -5.08. The number of hydrogen-bond acceptors (Lipinski definition) is 17. The van der Waals surface area contributed by atoms with Crippen LogP contribution in [0.15, 0.2) is 23.9 Å². The zero-order valence-corrected chi connectivity index (χ0v) is 29.6. The number of carbonyl (C=O) groups is 6. The molecule has 288 valence electrons. The minimum atomic E-state index is -3.28. The number of carbonyl (C=O) groups excluding carboxylic acids is 6. The molecule has 8 atom stereocenters. The number of phenolic OH excluding ortho intramolecular Hbond substituents is 1. The van der Waals surface area contributed by atoms with Crippen LogP contribution in [0.3, 0.4) is 0 Å². The Kier molecular flexibility index (Phi) is 9.77. The van der Waals surface area contributed by atoms with E-state index < -0.39 is 147 Å². The van der Waals surface area contributed by atoms with Gasteiger partial charge in [-0.15, -0.1) is 0 Å². The van der Waals surface area contributed by atoms with Crippen molar-refractivity contribution < 1.29 is 78.0 Å². The standard InChI is InChI=1S/C36H38N2O16/c1-12-6-14-7-20(41)36(52-5)32(47)24-16(31(46)35(36,49)25(14)30(53-11-21(37)42)22(12)34(48)51-4)8-15-23(28(24)45)19(40)9-18(26(15)43)38-33-17(10-39)27(44)29(50-3)13(2)54-33/h6,8-9,13,17,20,27,29,33,38-39,41,44-45,49H,7,10-11H2,1-5H3,(H2,37,42)/t13-,17+,20+,27-,29-,33-,35-,36+/m0/s1. The number of nitrogens with one attached hydrogen (secondary N) is 1. The Morgan fingerprint density at radius 2 is 1.74 bits per heavy atom. The van der Waals surface area contributed by atoms with Crippen LogP contribution in [0.1, 0.15) is 75.4 Å². The van der Waals surface area contributed by atoms with Crippen LogP contribution in [0.25, 0.3) is 0 Å². The predicted molar refractivity (Wildman–Crippen MR) is 179 cm³/mol. The van der Waals surface area contributed by atoms with E-state index in [2.05, 4.69) is 5.32 Å². The first-order valence-corrected chi connectivity index (χ1v) is 16.6. The van der Waals surface area contributed by atoms with E-state index in [0.717, 1.165) is 26.4 Å². The van der Waals surface area contributed by atoms with Crippen molar-refractivity contribution in [3.63, 3.8) is 0 Å². The fraction of sp³-hybridized carbons (Fsp3) is 0.444. The van der Waals surface area contributed by atoms with Gasteiger partial charge in [0.25, 0.3) is 5.91 Å². The second-order valence-corrected chi connectivity index (χ2v) is 13.5. The number of esters is 1. The van der Waals surface area contributed by atoms with Crippen LogP contribution >= 0.6 is 0 Å². The number of aliphatic hydroxyl groups excluding tert-OH is 3. The SMILES string of the molecule is COC(=O)c1c(C)cc2c(c1OCC(N)=O)[C@]1(O)C(=O)c3cc4c(c(O)c3C(=O)[C@]1(OC)[C@H](O)C2)C(=O)C=C(N[C@H]1O[C@@H](C)[C@H](OC)[C@@H](O)[C@H]1CO)C4=O. The number of nitrogens with two attached hydrogens (primary N) is 1. The number of Topliss-reactive ketones (excluding diaryl/α,β-unsaturated/α-hetero) is 3. The van der Waals surface area contributed by atoms with E-state index in [4.69, 9.17) is 29.4 Å². The monoisotopic (exact) mass is 754 g/mol. The molecule has 1 saturated heterocycles. The molecule has 1 amide bonds. The first-order chi connectivity index (χ1) is 25.5. The molecular weight excluding hydrogens is 716 g/mol. The van der Waals surface area contributed by atoms with Gasteiger partial charge in [-0.3, -0.25) is 24.0 Å². The third-order valence-electron chi connectivity index (χ3n) is 10.6. The van der Waals surface area contributed by atoms with Crippen molar-refractivity contribution in [3.05, 3.63) is 68.4 Å². The van der Waals surface area contributed by atoms with Crippen molar-refractivity contribution in [3.8, 4) is 11.5 Å². The first-order valence-electron chi connectivity index (χ1n) is 16.6. The number of aromatic hydroxyl groups is 1. The van der Waals surface area contributed by atoms with Crippen molar-refractivity contribution in [1.29, 1.82) is 0 Å². The van der Waals surface area contributed by atoms with Gasteiger partial charge >= 0.3 is 5.97 Å². The van der Waals surface area contributed by atoms with Gasteiger partial charge in [0.2, 0.25) is 17.3 Å². The molecule has 1 aliphatic heterocycles. The molecule has 8 N–H and O–H groups in total. The first kappa shape index (κ1) is 38.6. The number of benzene rings is 2. The van der Waals surface area contributed by atoms with Crippen molar-refractivity contribution in [2.75, 3.05) is 34.5 Å². The summed E-state index contributed by atoms with van der Waals surface area (Å²) in [5, 5.41) is 59.5. The highest BCUT2D eigenvalue weighted by atomic mass is 16.6. The number of rotatable bonds is 9. The van der Waals surface area contributed by atoms with Crippen molar-refractivity contribution >= 4 is 35.0 Å². The highest BCUT2D eigenvalue weighted by molar-refractivity contribution is 6.31. The summed E-state index contributed by atoms with van der Waals surface area (Å²) in [7, 11) is 3.28. The van der Waals surface area contributed by atoms with E-state index in [9.17, 15) is 54.3 Å². The number of ketones is 4. The van der Waals surface area contributed by atoms with Gasteiger partial charge in [-0.2, -0.15) is 0 Å². The van der Waals surface area contributed by atoms with E-state index in [0.29, 0.717) is 0 Å². The summed E-state index contributed by atoms with van der Waals surface area (Å²) in [5.41, 5.74) is -5.00. The van der Waals surface area contributed by atoms with Gasteiger partial charge in [0, 0.05) is 43.4 Å². The maximum absolute atomic E-state index is 14.9. The van der Waals surface area contributed by atoms with Gasteiger partial charge in [-0.1, -0.05) is 6.07 Å². The lowest BCUT2D eigenvalue weighted by atomic mass is 9.56. The lowest BCUT2D eigenvalue weighted by Crippen LogP contribution is -2.73. The number of aliphatic hydroxyl groups is 4. The molecule has 0 saturated carbocycles. The number of primary amides is 1. The number of methoxy groups -OCH3 is 3. The zero-order chi connectivity index (χ0) is 39.8. The highest BCUT2D eigenvalue weighted by Crippen LogP contribution is 2.57. The van der Waals surface area contributed by atoms with E-state index in [-0.39, 0.29) is 16.7 Å². The van der Waals surface area contributed by atoms with Gasteiger partial charge < -0.3 is 60.3 Å². The molecule has 4 aliphatic rings. The zero-order valence-electron chi connectivity index (χ0n) is 29.6. The largest absolute Gasteiger partial charge is 0.506 e. The predicted octanol–water partition coefficient (Wildman–Crippen LogP) is -1.50. The Bertz CT molecular complexity index is 2060. The number of allylic oxidation sites excluding steroid dienone is 2. The molecule has 0 aromatic heterocycles. The Morgan fingerprint density at radius 1 is 1.06 bits per heavy atom. The van der Waals surface area contributed by atoms with Crippen LogP contribution in [0.5, 0.6) is 11.5 Å². The highest BCUT2D eigenvalue weighted by Gasteiger charge is 2.73. The second kappa shape index (κ2) is 13.6. The Labute approximate surface area is 306 Å². The molecule has 54 heavy (non-hydrogen) atoms. The minimum absolute atomic E-state index is 0.00667. The van der Waals surface area contributed by atoms with Gasteiger partial charge in [0.15, 0.2) is 23.6 Å². The molecule has 2 aromatic carbocycles. The van der Waals surface area contributed by atoms with Crippen molar-refractivity contribution in [2.45, 2.75) is 62.1 Å². The molecule has 6 rings (SSSR count). The lowest BCUT2D eigenvalue weighted by Gasteiger charge is -2.53. The molecule has 18 nitrogen and oxygen atoms in total. The van der Waals surface area contributed by atoms with Crippen LogP contribution in [0, 0.1) is 12.8 Å². The van der Waals surface area contributed by atoms with Crippen LogP contribution in [0.2, 0.25) is 0 Å². The normalized spacial score (nSPS) is 30.1. The maximum Gasteiger partial charge on any atom is 0.341 e. The van der Waals surface area contributed by atoms with Crippen LogP contribution in [-0.2, 0) is 35.8 Å². The topological polar surface area (TPSA) is 288 Å². The number of aryl methyl sites for hydroxylation is 1. The summed E-state index contributed by atoms with van der Waals surface area (Å²) in [6.45, 7) is 1.52. The van der Waals surface area contributed by atoms with Gasteiger partial charge in [0.1, 0.15) is 29.4 Å². The molecule has 0 unspecified atom stereocenters. The minimum Gasteiger partial charge on any atom is -0.506 e. The molecule has 2 aromatic rings. The van der Waals surface area contributed by atoms with Gasteiger partial charge in [-0.05, 0) is 31.0 Å². The summed E-state index contributed by atoms with van der Waals surface area (Å²) in [6, 6.07) is 2.16. The molecule has 0 spiro atoms. The third kappa shape index (κ3) is 5.20. The summed E-state index contributed by atoms with van der Waals surface area (Å²) in [4.78, 5) is 82.1. The van der Waals surface area contributed by atoms with Crippen molar-refractivity contribution in [1.82, 2.24) is 5.32 Å². The molecule has 1 fully saturated rings. The Morgan fingerprint density at radius 3 is 2.33 bits per heavy atom. The van der Waals surface area contributed by atoms with E-state index in [1.54, 1.807) is 6.92 Å². The molecule has 18 heteroatoms. The second-order valence-electron chi connectivity index (χ2n) is 13.5. The average molecular weight is 755 g/mol. The van der Waals surface area contributed by atoms with Gasteiger partial charge in [0.05, 0.1) is 54.8 Å². The molecular formula is C36H38N2O16. The third-order valence-corrected chi connectivity index (χ3v) is 10.6. The number of amides is 1. The van der Waals surface area contributed by atoms with E-state index in [1.165, 1.54) is 20.1 Å². The molecule has 0 bridgehead atoms. The number of fused-ring (bicyclic) bond motifs is 5. The summed E-state index contributed by atoms with van der Waals surface area (Å²) in [5.74, 6) is -9.61. The molecule has 1 heterocycles. The maximum atomic E-state index is 14.9. The smallest absolute Gasteiger partial charge is 0.341 e. The van der Waals surface area contributed by atoms with Gasteiger partial charge in [-0.25, -0.2) is 4.79 Å².